The normalized spacial score (nSPS) is 19.0. The Morgan fingerprint density at radius 1 is 1.50 bits per heavy atom. The molecule has 0 aliphatic carbocycles. The van der Waals surface area contributed by atoms with Crippen LogP contribution in [-0.4, -0.2) is 32.0 Å². The lowest BCUT2D eigenvalue weighted by atomic mass is 9.98. The van der Waals surface area contributed by atoms with Crippen molar-refractivity contribution in [2.45, 2.75) is 19.0 Å². The molecule has 1 aromatic carbocycles. The summed E-state index contributed by atoms with van der Waals surface area (Å²) >= 11 is 9.38. The molecular weight excluding hydrogens is 264 g/mol. The molecule has 2 heterocycles. The van der Waals surface area contributed by atoms with Crippen molar-refractivity contribution in [2.75, 3.05) is 6.61 Å². The number of hydrogen-bond donors (Lipinski definition) is 3. The highest BCUT2D eigenvalue weighted by molar-refractivity contribution is 8.10. The first-order valence-corrected chi connectivity index (χ1v) is 6.75. The van der Waals surface area contributed by atoms with Crippen molar-refractivity contribution < 1.29 is 5.11 Å². The van der Waals surface area contributed by atoms with Gasteiger partial charge in [0.25, 0.3) is 0 Å². The molecule has 2 N–H and O–H groups in total. The van der Waals surface area contributed by atoms with Gasteiger partial charge in [-0.2, -0.15) is 0 Å². The van der Waals surface area contributed by atoms with Gasteiger partial charge in [0.1, 0.15) is 4.32 Å². The zero-order chi connectivity index (χ0) is 12.7. The van der Waals surface area contributed by atoms with Crippen molar-refractivity contribution in [3.05, 3.63) is 35.5 Å². The summed E-state index contributed by atoms with van der Waals surface area (Å²) in [6, 6.07) is 8.29. The van der Waals surface area contributed by atoms with Crippen LogP contribution in [0.3, 0.4) is 0 Å². The van der Waals surface area contributed by atoms with Crippen LogP contribution in [0.2, 0.25) is 0 Å². The van der Waals surface area contributed by atoms with E-state index in [0.29, 0.717) is 10.9 Å². The maximum atomic E-state index is 9.50. The molecule has 2 aromatic rings. The summed E-state index contributed by atoms with van der Waals surface area (Å²) in [4.78, 5) is 5.40. The van der Waals surface area contributed by atoms with Gasteiger partial charge in [-0.25, -0.2) is 0 Å². The predicted octanol–water partition coefficient (Wildman–Crippen LogP) is 2.10. The van der Waals surface area contributed by atoms with Gasteiger partial charge in [0.05, 0.1) is 19.2 Å². The maximum absolute atomic E-state index is 9.50. The summed E-state index contributed by atoms with van der Waals surface area (Å²) in [7, 11) is 0. The van der Waals surface area contributed by atoms with Gasteiger partial charge in [-0.15, -0.1) is 12.6 Å². The Hall–Kier alpha value is -1.04. The number of hydrogen-bond acceptors (Lipinski definition) is 2. The Kier molecular flexibility index (Phi) is 3.05. The molecule has 1 aliphatic heterocycles. The molecule has 0 saturated heterocycles. The monoisotopic (exact) mass is 278 g/mol. The van der Waals surface area contributed by atoms with Gasteiger partial charge in [-0.1, -0.05) is 30.4 Å². The second kappa shape index (κ2) is 4.57. The number of thiol groups is 1. The number of benzene rings is 1. The molecule has 3 rings (SSSR count). The molecule has 1 atom stereocenters. The highest BCUT2D eigenvalue weighted by Gasteiger charge is 2.28. The van der Waals surface area contributed by atoms with E-state index in [1.165, 1.54) is 16.6 Å². The fourth-order valence-corrected chi connectivity index (χ4v) is 3.10. The molecule has 1 aromatic heterocycles. The van der Waals surface area contributed by atoms with Crippen molar-refractivity contribution >= 4 is 40.1 Å². The second-order valence-electron chi connectivity index (χ2n) is 4.58. The number of rotatable bonds is 1. The average molecular weight is 278 g/mol. The molecular formula is C13H14N2OS2. The van der Waals surface area contributed by atoms with E-state index in [4.69, 9.17) is 12.2 Å². The van der Waals surface area contributed by atoms with Crippen molar-refractivity contribution in [1.29, 1.82) is 0 Å². The number of nitrogens with zero attached hydrogens (tertiary/aromatic N) is 1. The smallest absolute Gasteiger partial charge is 0.133 e. The molecule has 18 heavy (non-hydrogen) atoms. The molecule has 0 bridgehead atoms. The summed E-state index contributed by atoms with van der Waals surface area (Å²) in [6.45, 7) is 0.789. The minimum Gasteiger partial charge on any atom is -0.394 e. The van der Waals surface area contributed by atoms with Gasteiger partial charge in [0.15, 0.2) is 0 Å². The van der Waals surface area contributed by atoms with Crippen LogP contribution >= 0.6 is 24.8 Å². The van der Waals surface area contributed by atoms with E-state index in [-0.39, 0.29) is 12.6 Å². The molecule has 1 aliphatic rings. The summed E-state index contributed by atoms with van der Waals surface area (Å²) in [5.74, 6) is 0. The number of aliphatic hydroxyl groups is 1. The third-order valence-corrected chi connectivity index (χ3v) is 4.06. The second-order valence-corrected chi connectivity index (χ2v) is 5.69. The zero-order valence-electron chi connectivity index (χ0n) is 9.76. The molecule has 0 amide bonds. The molecule has 94 valence electrons. The summed E-state index contributed by atoms with van der Waals surface area (Å²) in [5, 5.41) is 10.7. The van der Waals surface area contributed by atoms with Crippen LogP contribution in [0.15, 0.2) is 24.3 Å². The van der Waals surface area contributed by atoms with Gasteiger partial charge in [-0.3, -0.25) is 0 Å². The van der Waals surface area contributed by atoms with Gasteiger partial charge in [0.2, 0.25) is 0 Å². The van der Waals surface area contributed by atoms with Crippen LogP contribution in [0.1, 0.15) is 11.3 Å². The van der Waals surface area contributed by atoms with E-state index >= 15 is 0 Å². The molecule has 5 heteroatoms. The number of thiocarbonyl (C=S) groups is 1. The first kappa shape index (κ1) is 12.0. The molecule has 0 spiro atoms. The van der Waals surface area contributed by atoms with E-state index in [2.05, 4.69) is 29.7 Å². The Labute approximate surface area is 116 Å². The first-order chi connectivity index (χ1) is 8.70. The number of aromatic nitrogens is 1. The Balaban J connectivity index is 2.09. The van der Waals surface area contributed by atoms with E-state index in [9.17, 15) is 5.11 Å². The van der Waals surface area contributed by atoms with E-state index in [1.807, 2.05) is 17.0 Å². The lowest BCUT2D eigenvalue weighted by Crippen LogP contribution is -2.43. The van der Waals surface area contributed by atoms with Crippen LogP contribution in [0.4, 0.5) is 0 Å². The van der Waals surface area contributed by atoms with E-state index in [1.54, 1.807) is 0 Å². The fourth-order valence-electron chi connectivity index (χ4n) is 2.66. The van der Waals surface area contributed by atoms with Crippen LogP contribution in [0.5, 0.6) is 0 Å². The largest absolute Gasteiger partial charge is 0.394 e. The first-order valence-electron chi connectivity index (χ1n) is 5.89. The minimum atomic E-state index is 0.0294. The molecule has 3 nitrogen and oxygen atoms in total. The number of para-hydroxylation sites is 1. The fraction of sp³-hybridized carbons (Fsp3) is 0.308. The highest BCUT2D eigenvalue weighted by Crippen LogP contribution is 2.30. The Bertz CT molecular complexity index is 608. The number of fused-ring (bicyclic) bond motifs is 3. The standard InChI is InChI=1S/C13H14N2OS2/c16-7-8-5-10-9-3-1-2-4-11(9)14-12(10)6-15(8)13(17)18/h1-4,8,14,16H,5-7H2,(H,17,18)/t8-/m0/s1. The van der Waals surface area contributed by atoms with Crippen LogP contribution in [-0.2, 0) is 13.0 Å². The third-order valence-electron chi connectivity index (χ3n) is 3.57. The van der Waals surface area contributed by atoms with Crippen LogP contribution < -0.4 is 0 Å². The van der Waals surface area contributed by atoms with Crippen molar-refractivity contribution in [3.63, 3.8) is 0 Å². The van der Waals surface area contributed by atoms with Gasteiger partial charge in [0, 0.05) is 16.6 Å². The van der Waals surface area contributed by atoms with Gasteiger partial charge < -0.3 is 15.0 Å². The van der Waals surface area contributed by atoms with E-state index in [0.717, 1.165) is 11.9 Å². The Morgan fingerprint density at radius 2 is 2.28 bits per heavy atom. The lowest BCUT2D eigenvalue weighted by molar-refractivity contribution is 0.170. The summed E-state index contributed by atoms with van der Waals surface area (Å²) in [5.41, 5.74) is 3.62. The molecule has 0 radical (unpaired) electrons. The number of nitrogens with one attached hydrogen (secondary N) is 1. The van der Waals surface area contributed by atoms with Gasteiger partial charge in [-0.05, 0) is 18.1 Å². The maximum Gasteiger partial charge on any atom is 0.133 e. The van der Waals surface area contributed by atoms with Crippen LogP contribution in [0.25, 0.3) is 10.9 Å². The van der Waals surface area contributed by atoms with Crippen molar-refractivity contribution in [2.24, 2.45) is 0 Å². The van der Waals surface area contributed by atoms with Gasteiger partial charge >= 0.3 is 0 Å². The average Bonchev–Trinajstić information content (AvgIpc) is 2.74. The lowest BCUT2D eigenvalue weighted by Gasteiger charge is -2.35. The molecule has 0 saturated carbocycles. The minimum absolute atomic E-state index is 0.0294. The number of aromatic amines is 1. The topological polar surface area (TPSA) is 39.3 Å². The van der Waals surface area contributed by atoms with Crippen LogP contribution in [0, 0.1) is 0 Å². The van der Waals surface area contributed by atoms with Crippen molar-refractivity contribution in [3.8, 4) is 0 Å². The summed E-state index contributed by atoms with van der Waals surface area (Å²) in [6.07, 6.45) is 0.802. The van der Waals surface area contributed by atoms with Crippen molar-refractivity contribution in [1.82, 2.24) is 9.88 Å². The Morgan fingerprint density at radius 3 is 3.00 bits per heavy atom. The molecule has 0 unspecified atom stereocenters. The quantitative estimate of drug-likeness (QED) is 0.552. The highest BCUT2D eigenvalue weighted by atomic mass is 32.1. The molecule has 0 fully saturated rings. The number of H-pyrrole nitrogens is 1. The number of aliphatic hydroxyl groups excluding tert-OH is 1. The predicted molar refractivity (Wildman–Crippen MR) is 80.0 cm³/mol. The SMILES string of the molecule is OC[C@@H]1Cc2c([nH]c3ccccc23)CN1C(=S)S. The van der Waals surface area contributed by atoms with E-state index < -0.39 is 0 Å². The summed E-state index contributed by atoms with van der Waals surface area (Å²) < 4.78 is 0.540. The third kappa shape index (κ3) is 1.83. The zero-order valence-corrected chi connectivity index (χ0v) is 11.5.